The molecule has 0 fully saturated rings. The lowest BCUT2D eigenvalue weighted by atomic mass is 10.1. The van der Waals surface area contributed by atoms with Gasteiger partial charge in [0.2, 0.25) is 0 Å². The maximum atomic E-state index is 9.55. The van der Waals surface area contributed by atoms with Crippen LogP contribution in [-0.4, -0.2) is 56.9 Å². The Morgan fingerprint density at radius 2 is 1.50 bits per heavy atom. The zero-order valence-corrected chi connectivity index (χ0v) is 12.1. The van der Waals surface area contributed by atoms with Crippen LogP contribution in [0.25, 0.3) is 0 Å². The molecule has 0 rings (SSSR count). The zero-order chi connectivity index (χ0) is 13.8. The Balaban J connectivity index is 3.37. The molecule has 0 spiro atoms. The van der Waals surface area contributed by atoms with E-state index in [2.05, 4.69) is 6.92 Å². The van der Waals surface area contributed by atoms with Crippen molar-refractivity contribution in [3.05, 3.63) is 0 Å². The molecule has 110 valence electrons. The van der Waals surface area contributed by atoms with E-state index in [0.717, 1.165) is 12.2 Å². The number of aliphatic hydroxyl groups is 4. The highest BCUT2D eigenvalue weighted by molar-refractivity contribution is 7.99. The van der Waals surface area contributed by atoms with Crippen molar-refractivity contribution in [2.75, 3.05) is 18.1 Å². The summed E-state index contributed by atoms with van der Waals surface area (Å²) in [6.07, 6.45) is 3.97. The minimum Gasteiger partial charge on any atom is -0.394 e. The lowest BCUT2D eigenvalue weighted by Crippen LogP contribution is -2.40. The Bertz CT molecular complexity index is 180. The van der Waals surface area contributed by atoms with Gasteiger partial charge >= 0.3 is 0 Å². The van der Waals surface area contributed by atoms with Crippen molar-refractivity contribution in [1.29, 1.82) is 0 Å². The molecule has 3 unspecified atom stereocenters. The molecular weight excluding hydrogens is 252 g/mol. The molecule has 0 amide bonds. The Kier molecular flexibility index (Phi) is 12.4. The molecule has 0 aliphatic heterocycles. The fraction of sp³-hybridized carbons (Fsp3) is 1.00. The van der Waals surface area contributed by atoms with Crippen LogP contribution in [-0.2, 0) is 0 Å². The van der Waals surface area contributed by atoms with Gasteiger partial charge in [0.15, 0.2) is 0 Å². The van der Waals surface area contributed by atoms with Gasteiger partial charge in [-0.05, 0) is 12.2 Å². The molecule has 0 aromatic heterocycles. The summed E-state index contributed by atoms with van der Waals surface area (Å²) in [6.45, 7) is 1.67. The Morgan fingerprint density at radius 1 is 0.889 bits per heavy atom. The third kappa shape index (κ3) is 9.16. The number of aliphatic hydroxyl groups excluding tert-OH is 4. The van der Waals surface area contributed by atoms with Gasteiger partial charge in [-0.1, -0.05) is 39.0 Å². The van der Waals surface area contributed by atoms with Crippen LogP contribution in [0.3, 0.4) is 0 Å². The molecule has 0 aliphatic carbocycles. The van der Waals surface area contributed by atoms with Crippen LogP contribution >= 0.6 is 11.8 Å². The van der Waals surface area contributed by atoms with Crippen LogP contribution in [0.15, 0.2) is 0 Å². The maximum absolute atomic E-state index is 9.55. The van der Waals surface area contributed by atoms with E-state index in [4.69, 9.17) is 10.2 Å². The quantitative estimate of drug-likeness (QED) is 0.403. The second-order valence-corrected chi connectivity index (χ2v) is 5.80. The van der Waals surface area contributed by atoms with E-state index in [1.165, 1.54) is 32.1 Å². The van der Waals surface area contributed by atoms with Gasteiger partial charge in [-0.2, -0.15) is 11.8 Å². The molecule has 3 atom stereocenters. The van der Waals surface area contributed by atoms with E-state index >= 15 is 0 Å². The molecule has 4 nitrogen and oxygen atoms in total. The standard InChI is InChI=1S/C13H28O4S/c1-2-3-4-5-6-7-8-18-10-12(16)13(17)11(15)9-14/h11-17H,2-10H2,1H3. The summed E-state index contributed by atoms with van der Waals surface area (Å²) in [5.74, 6) is 1.36. The van der Waals surface area contributed by atoms with Crippen molar-refractivity contribution < 1.29 is 20.4 Å². The van der Waals surface area contributed by atoms with Crippen LogP contribution in [0.5, 0.6) is 0 Å². The molecule has 0 radical (unpaired) electrons. The first-order valence-electron chi connectivity index (χ1n) is 6.86. The highest BCUT2D eigenvalue weighted by Gasteiger charge is 2.23. The molecule has 0 aromatic rings. The maximum Gasteiger partial charge on any atom is 0.109 e. The molecule has 0 saturated heterocycles. The van der Waals surface area contributed by atoms with Crippen LogP contribution in [0, 0.1) is 0 Å². The summed E-state index contributed by atoms with van der Waals surface area (Å²) in [5, 5.41) is 36.8. The summed E-state index contributed by atoms with van der Waals surface area (Å²) in [7, 11) is 0. The topological polar surface area (TPSA) is 80.9 Å². The molecule has 0 bridgehead atoms. The molecule has 18 heavy (non-hydrogen) atoms. The van der Waals surface area contributed by atoms with Gasteiger partial charge in [0, 0.05) is 5.75 Å². The minimum atomic E-state index is -1.26. The van der Waals surface area contributed by atoms with Gasteiger partial charge in [0.05, 0.1) is 12.7 Å². The average molecular weight is 280 g/mol. The van der Waals surface area contributed by atoms with E-state index in [0.29, 0.717) is 5.75 Å². The Morgan fingerprint density at radius 3 is 2.11 bits per heavy atom. The predicted octanol–water partition coefficient (Wildman–Crippen LogP) is 1.16. The first-order chi connectivity index (χ1) is 8.63. The summed E-state index contributed by atoms with van der Waals surface area (Å²) in [5.41, 5.74) is 0. The summed E-state index contributed by atoms with van der Waals surface area (Å²) in [4.78, 5) is 0. The van der Waals surface area contributed by atoms with Crippen molar-refractivity contribution in [2.24, 2.45) is 0 Å². The molecular formula is C13H28O4S. The van der Waals surface area contributed by atoms with Crippen molar-refractivity contribution >= 4 is 11.8 Å². The summed E-state index contributed by atoms with van der Waals surface area (Å²) in [6, 6.07) is 0. The number of rotatable bonds is 12. The normalized spacial score (nSPS) is 16.5. The lowest BCUT2D eigenvalue weighted by Gasteiger charge is -2.21. The van der Waals surface area contributed by atoms with E-state index in [-0.39, 0.29) is 0 Å². The predicted molar refractivity (Wildman–Crippen MR) is 75.8 cm³/mol. The lowest BCUT2D eigenvalue weighted by molar-refractivity contribution is -0.0683. The third-order valence-corrected chi connectivity index (χ3v) is 4.06. The molecule has 0 heterocycles. The van der Waals surface area contributed by atoms with Gasteiger partial charge < -0.3 is 20.4 Å². The molecule has 5 heteroatoms. The van der Waals surface area contributed by atoms with Crippen molar-refractivity contribution in [2.45, 2.75) is 63.8 Å². The molecule has 4 N–H and O–H groups in total. The van der Waals surface area contributed by atoms with Gasteiger partial charge in [-0.3, -0.25) is 0 Å². The number of thioether (sulfide) groups is 1. The Hall–Kier alpha value is 0.190. The number of unbranched alkanes of at least 4 members (excludes halogenated alkanes) is 5. The Labute approximate surface area is 114 Å². The van der Waals surface area contributed by atoms with E-state index in [9.17, 15) is 10.2 Å². The first-order valence-corrected chi connectivity index (χ1v) is 8.01. The van der Waals surface area contributed by atoms with Gasteiger partial charge in [0.25, 0.3) is 0 Å². The van der Waals surface area contributed by atoms with Crippen LogP contribution in [0.2, 0.25) is 0 Å². The minimum absolute atomic E-state index is 0.396. The van der Waals surface area contributed by atoms with E-state index < -0.39 is 24.9 Å². The van der Waals surface area contributed by atoms with E-state index in [1.807, 2.05) is 0 Å². The second-order valence-electron chi connectivity index (χ2n) is 4.65. The second kappa shape index (κ2) is 12.2. The summed E-state index contributed by atoms with van der Waals surface area (Å²) < 4.78 is 0. The SMILES string of the molecule is CCCCCCCCSCC(O)C(O)C(O)CO. The van der Waals surface area contributed by atoms with Gasteiger partial charge in [0.1, 0.15) is 12.2 Å². The van der Waals surface area contributed by atoms with Crippen molar-refractivity contribution in [1.82, 2.24) is 0 Å². The number of hydrogen-bond donors (Lipinski definition) is 4. The highest BCUT2D eigenvalue weighted by Crippen LogP contribution is 2.12. The fourth-order valence-corrected chi connectivity index (χ4v) is 2.67. The van der Waals surface area contributed by atoms with Crippen LogP contribution < -0.4 is 0 Å². The molecule has 0 aliphatic rings. The largest absolute Gasteiger partial charge is 0.394 e. The van der Waals surface area contributed by atoms with E-state index in [1.54, 1.807) is 11.8 Å². The monoisotopic (exact) mass is 280 g/mol. The smallest absolute Gasteiger partial charge is 0.109 e. The fourth-order valence-electron chi connectivity index (χ4n) is 1.65. The number of hydrogen-bond acceptors (Lipinski definition) is 5. The summed E-state index contributed by atoms with van der Waals surface area (Å²) >= 11 is 1.58. The zero-order valence-electron chi connectivity index (χ0n) is 11.3. The van der Waals surface area contributed by atoms with Crippen LogP contribution in [0.4, 0.5) is 0 Å². The average Bonchev–Trinajstić information content (AvgIpc) is 2.39. The highest BCUT2D eigenvalue weighted by atomic mass is 32.2. The molecule has 0 aromatic carbocycles. The van der Waals surface area contributed by atoms with Gasteiger partial charge in [-0.15, -0.1) is 0 Å². The first kappa shape index (κ1) is 18.2. The van der Waals surface area contributed by atoms with Crippen LogP contribution in [0.1, 0.15) is 45.4 Å². The molecule has 0 saturated carbocycles. The van der Waals surface area contributed by atoms with Crippen molar-refractivity contribution in [3.63, 3.8) is 0 Å². The van der Waals surface area contributed by atoms with Crippen molar-refractivity contribution in [3.8, 4) is 0 Å². The third-order valence-electron chi connectivity index (χ3n) is 2.91. The van der Waals surface area contributed by atoms with Gasteiger partial charge in [-0.25, -0.2) is 0 Å².